The quantitative estimate of drug-likeness (QED) is 0.687. The average Bonchev–Trinajstić information content (AvgIpc) is 2.96. The Kier molecular flexibility index (Phi) is 4.51. The van der Waals surface area contributed by atoms with Gasteiger partial charge in [0.1, 0.15) is 0 Å². The predicted octanol–water partition coefficient (Wildman–Crippen LogP) is 4.11. The lowest BCUT2D eigenvalue weighted by Crippen LogP contribution is -2.33. The number of rotatable bonds is 2. The highest BCUT2D eigenvalue weighted by atomic mass is 32.2. The molecule has 1 aliphatic heterocycles. The Hall–Kier alpha value is -2.60. The summed E-state index contributed by atoms with van der Waals surface area (Å²) in [6.07, 6.45) is 0.941. The van der Waals surface area contributed by atoms with Gasteiger partial charge in [-0.25, -0.2) is 0 Å². The van der Waals surface area contributed by atoms with Crippen LogP contribution in [-0.2, 0) is 0 Å². The van der Waals surface area contributed by atoms with Crippen LogP contribution in [0.15, 0.2) is 59.5 Å². The van der Waals surface area contributed by atoms with Crippen LogP contribution in [0.3, 0.4) is 0 Å². The number of para-hydroxylation sites is 2. The molecule has 6 heteroatoms. The standard InChI is InChI=1S/C20H20N4OS/c1-14-12-13-23(17-10-6-7-11-18(17)26-14)20(25)19-15(2)21-24(22-19)16-8-4-3-5-9-16/h3-11,14H,12-13H2,1-2H3. The third-order valence-electron chi connectivity index (χ3n) is 4.46. The minimum absolute atomic E-state index is 0.0909. The molecule has 1 atom stereocenters. The number of carbonyl (C=O) groups is 1. The van der Waals surface area contributed by atoms with E-state index in [1.54, 1.807) is 0 Å². The van der Waals surface area contributed by atoms with Gasteiger partial charge in [-0.15, -0.1) is 16.9 Å². The number of aryl methyl sites for hydroxylation is 1. The van der Waals surface area contributed by atoms with Crippen molar-refractivity contribution < 1.29 is 4.79 Å². The fraction of sp³-hybridized carbons (Fsp3) is 0.250. The number of hydrogen-bond acceptors (Lipinski definition) is 4. The maximum absolute atomic E-state index is 13.3. The molecule has 26 heavy (non-hydrogen) atoms. The van der Waals surface area contributed by atoms with Crippen molar-refractivity contribution in [1.29, 1.82) is 0 Å². The van der Waals surface area contributed by atoms with Crippen LogP contribution in [0.25, 0.3) is 5.69 Å². The van der Waals surface area contributed by atoms with Crippen LogP contribution in [0.1, 0.15) is 29.5 Å². The van der Waals surface area contributed by atoms with Gasteiger partial charge < -0.3 is 4.90 Å². The minimum Gasteiger partial charge on any atom is -0.306 e. The molecular weight excluding hydrogens is 344 g/mol. The van der Waals surface area contributed by atoms with E-state index in [2.05, 4.69) is 23.2 Å². The van der Waals surface area contributed by atoms with Crippen molar-refractivity contribution in [1.82, 2.24) is 15.0 Å². The third kappa shape index (κ3) is 3.12. The summed E-state index contributed by atoms with van der Waals surface area (Å²) in [6.45, 7) is 4.72. The van der Waals surface area contributed by atoms with Gasteiger partial charge in [-0.1, -0.05) is 37.3 Å². The predicted molar refractivity (Wildman–Crippen MR) is 104 cm³/mol. The Labute approximate surface area is 157 Å². The zero-order valence-corrected chi connectivity index (χ0v) is 15.6. The van der Waals surface area contributed by atoms with Crippen molar-refractivity contribution in [2.75, 3.05) is 11.4 Å². The number of aromatic nitrogens is 3. The molecule has 2 aromatic carbocycles. The van der Waals surface area contributed by atoms with Crippen LogP contribution in [0, 0.1) is 6.92 Å². The molecular formula is C20H20N4OS. The van der Waals surface area contributed by atoms with E-state index in [1.165, 1.54) is 4.80 Å². The lowest BCUT2D eigenvalue weighted by molar-refractivity contribution is 0.0980. The zero-order chi connectivity index (χ0) is 18.1. The summed E-state index contributed by atoms with van der Waals surface area (Å²) in [4.78, 5) is 17.8. The molecule has 1 aliphatic rings. The van der Waals surface area contributed by atoms with E-state index >= 15 is 0 Å². The van der Waals surface area contributed by atoms with Crippen LogP contribution in [0.5, 0.6) is 0 Å². The largest absolute Gasteiger partial charge is 0.306 e. The Morgan fingerprint density at radius 2 is 1.81 bits per heavy atom. The first-order chi connectivity index (χ1) is 12.6. The second-order valence-electron chi connectivity index (χ2n) is 6.40. The Morgan fingerprint density at radius 3 is 2.62 bits per heavy atom. The first-order valence-corrected chi connectivity index (χ1v) is 9.58. The topological polar surface area (TPSA) is 51.0 Å². The number of nitrogens with zero attached hydrogens (tertiary/aromatic N) is 4. The molecule has 4 rings (SSSR count). The lowest BCUT2D eigenvalue weighted by Gasteiger charge is -2.21. The molecule has 0 spiro atoms. The summed E-state index contributed by atoms with van der Waals surface area (Å²) >= 11 is 1.82. The van der Waals surface area contributed by atoms with Gasteiger partial charge in [0.2, 0.25) is 0 Å². The summed E-state index contributed by atoms with van der Waals surface area (Å²) in [5, 5.41) is 9.40. The van der Waals surface area contributed by atoms with Gasteiger partial charge in [-0.2, -0.15) is 9.90 Å². The van der Waals surface area contributed by atoms with Crippen LogP contribution >= 0.6 is 11.8 Å². The molecule has 0 bridgehead atoms. The first-order valence-electron chi connectivity index (χ1n) is 8.70. The van der Waals surface area contributed by atoms with Gasteiger partial charge in [-0.05, 0) is 37.6 Å². The van der Waals surface area contributed by atoms with E-state index in [0.29, 0.717) is 23.2 Å². The number of benzene rings is 2. The number of fused-ring (bicyclic) bond motifs is 1. The summed E-state index contributed by atoms with van der Waals surface area (Å²) < 4.78 is 0. The highest BCUT2D eigenvalue weighted by Crippen LogP contribution is 2.37. The summed E-state index contributed by atoms with van der Waals surface area (Å²) in [5.41, 5.74) is 2.85. The van der Waals surface area contributed by atoms with Gasteiger partial charge in [0.05, 0.1) is 17.1 Å². The molecule has 0 fully saturated rings. The highest BCUT2D eigenvalue weighted by Gasteiger charge is 2.28. The molecule has 1 amide bonds. The number of thioether (sulfide) groups is 1. The van der Waals surface area contributed by atoms with Gasteiger partial charge in [0.15, 0.2) is 5.69 Å². The second-order valence-corrected chi connectivity index (χ2v) is 7.88. The van der Waals surface area contributed by atoms with Crippen molar-refractivity contribution in [3.8, 4) is 5.69 Å². The third-order valence-corrected chi connectivity index (χ3v) is 5.70. The molecule has 0 N–H and O–H groups in total. The molecule has 0 saturated heterocycles. The minimum atomic E-state index is -0.0909. The van der Waals surface area contributed by atoms with Gasteiger partial charge in [0.25, 0.3) is 5.91 Å². The van der Waals surface area contributed by atoms with Crippen LogP contribution in [0.2, 0.25) is 0 Å². The average molecular weight is 364 g/mol. The van der Waals surface area contributed by atoms with Crippen molar-refractivity contribution in [3.63, 3.8) is 0 Å². The van der Waals surface area contributed by atoms with E-state index in [9.17, 15) is 4.79 Å². The smallest absolute Gasteiger partial charge is 0.280 e. The Balaban J connectivity index is 1.71. The fourth-order valence-electron chi connectivity index (χ4n) is 3.08. The van der Waals surface area contributed by atoms with E-state index in [0.717, 1.165) is 22.7 Å². The van der Waals surface area contributed by atoms with Crippen molar-refractivity contribution in [2.45, 2.75) is 30.4 Å². The summed E-state index contributed by atoms with van der Waals surface area (Å²) in [5.74, 6) is -0.0909. The molecule has 5 nitrogen and oxygen atoms in total. The van der Waals surface area contributed by atoms with Gasteiger partial charge in [-0.3, -0.25) is 4.79 Å². The monoisotopic (exact) mass is 364 g/mol. The van der Waals surface area contributed by atoms with Gasteiger partial charge in [0, 0.05) is 16.7 Å². The maximum Gasteiger partial charge on any atom is 0.280 e. The molecule has 1 aromatic heterocycles. The molecule has 2 heterocycles. The fourth-order valence-corrected chi connectivity index (χ4v) is 4.19. The molecule has 0 radical (unpaired) electrons. The van der Waals surface area contributed by atoms with Gasteiger partial charge >= 0.3 is 0 Å². The summed E-state index contributed by atoms with van der Waals surface area (Å²) in [6, 6.07) is 17.7. The van der Waals surface area contributed by atoms with E-state index in [-0.39, 0.29) is 5.91 Å². The Bertz CT molecular complexity index is 938. The SMILES string of the molecule is Cc1nn(-c2ccccc2)nc1C(=O)N1CCC(C)Sc2ccccc21. The Morgan fingerprint density at radius 1 is 1.08 bits per heavy atom. The molecule has 1 unspecified atom stereocenters. The molecule has 132 valence electrons. The van der Waals surface area contributed by atoms with Crippen LogP contribution in [0.4, 0.5) is 5.69 Å². The molecule has 0 saturated carbocycles. The first kappa shape index (κ1) is 16.8. The number of carbonyl (C=O) groups excluding carboxylic acids is 1. The summed E-state index contributed by atoms with van der Waals surface area (Å²) in [7, 11) is 0. The number of amides is 1. The van der Waals surface area contributed by atoms with E-state index in [4.69, 9.17) is 0 Å². The van der Waals surface area contributed by atoms with E-state index < -0.39 is 0 Å². The maximum atomic E-state index is 13.3. The van der Waals surface area contributed by atoms with Crippen LogP contribution < -0.4 is 4.90 Å². The normalized spacial score (nSPS) is 16.8. The van der Waals surface area contributed by atoms with Crippen molar-refractivity contribution >= 4 is 23.4 Å². The van der Waals surface area contributed by atoms with Crippen LogP contribution in [-0.4, -0.2) is 32.7 Å². The van der Waals surface area contributed by atoms with Crippen molar-refractivity contribution in [3.05, 3.63) is 66.0 Å². The van der Waals surface area contributed by atoms with E-state index in [1.807, 2.05) is 72.1 Å². The highest BCUT2D eigenvalue weighted by molar-refractivity contribution is 8.00. The zero-order valence-electron chi connectivity index (χ0n) is 14.8. The molecule has 0 aliphatic carbocycles. The molecule has 3 aromatic rings. The number of anilines is 1. The second kappa shape index (κ2) is 6.96. The number of hydrogen-bond donors (Lipinski definition) is 0. The lowest BCUT2D eigenvalue weighted by atomic mass is 10.2. The van der Waals surface area contributed by atoms with Crippen molar-refractivity contribution in [2.24, 2.45) is 0 Å².